The third-order valence-electron chi connectivity index (χ3n) is 9.73. The zero-order chi connectivity index (χ0) is 31.3. The van der Waals surface area contributed by atoms with E-state index in [9.17, 15) is 0 Å². The zero-order valence-corrected chi connectivity index (χ0v) is 26.6. The molecule has 0 saturated carbocycles. The van der Waals surface area contributed by atoms with E-state index in [4.69, 9.17) is 14.7 Å². The van der Waals surface area contributed by atoms with E-state index in [1.165, 1.54) is 42.4 Å². The second kappa shape index (κ2) is 9.64. The van der Waals surface area contributed by atoms with E-state index in [0.717, 1.165) is 44.9 Å². The number of aromatic nitrogens is 3. The summed E-state index contributed by atoms with van der Waals surface area (Å²) in [6.45, 7) is 4.62. The molecule has 224 valence electrons. The van der Waals surface area contributed by atoms with Crippen LogP contribution in [0, 0.1) is 0 Å². The SMILES string of the molecule is CC1(C)c2cccnc2N(c2cccc(Oc3ccc4c5ccccc5n5ccnc5c4c3)c2)c2c1ccc1c2sc2ccccc21. The van der Waals surface area contributed by atoms with Gasteiger partial charge in [-0.15, -0.1) is 11.3 Å². The lowest BCUT2D eigenvalue weighted by atomic mass is 9.74. The number of hydrogen-bond donors (Lipinski definition) is 0. The number of fused-ring (bicyclic) bond motifs is 12. The fourth-order valence-corrected chi connectivity index (χ4v) is 8.74. The summed E-state index contributed by atoms with van der Waals surface area (Å²) in [5.41, 5.74) is 6.52. The predicted molar refractivity (Wildman–Crippen MR) is 194 cm³/mol. The van der Waals surface area contributed by atoms with Crippen molar-refractivity contribution < 1.29 is 4.74 Å². The van der Waals surface area contributed by atoms with E-state index in [2.05, 4.69) is 126 Å². The lowest BCUT2D eigenvalue weighted by molar-refractivity contribution is 0.483. The molecule has 0 unspecified atom stereocenters. The van der Waals surface area contributed by atoms with Crippen LogP contribution in [0.2, 0.25) is 0 Å². The van der Waals surface area contributed by atoms with Crippen LogP contribution in [-0.2, 0) is 5.41 Å². The fraction of sp³-hybridized carbons (Fsp3) is 0.0732. The number of pyridine rings is 2. The van der Waals surface area contributed by atoms with Gasteiger partial charge in [0.15, 0.2) is 0 Å². The Bertz CT molecular complexity index is 2720. The first-order valence-corrected chi connectivity index (χ1v) is 16.6. The van der Waals surface area contributed by atoms with E-state index in [0.29, 0.717) is 0 Å². The van der Waals surface area contributed by atoms with Crippen molar-refractivity contribution in [3.05, 3.63) is 145 Å². The molecular formula is C41H28N4OS. The van der Waals surface area contributed by atoms with Gasteiger partial charge < -0.3 is 4.74 Å². The van der Waals surface area contributed by atoms with Crippen molar-refractivity contribution >= 4 is 76.0 Å². The summed E-state index contributed by atoms with van der Waals surface area (Å²) < 4.78 is 11.3. The van der Waals surface area contributed by atoms with Crippen LogP contribution >= 0.6 is 11.3 Å². The van der Waals surface area contributed by atoms with Gasteiger partial charge >= 0.3 is 0 Å². The number of benzene rings is 5. The van der Waals surface area contributed by atoms with Gasteiger partial charge in [-0.3, -0.25) is 9.30 Å². The first-order valence-electron chi connectivity index (χ1n) is 15.8. The molecule has 1 aliphatic rings. The summed E-state index contributed by atoms with van der Waals surface area (Å²) in [7, 11) is 0. The third-order valence-corrected chi connectivity index (χ3v) is 10.9. The largest absolute Gasteiger partial charge is 0.457 e. The summed E-state index contributed by atoms with van der Waals surface area (Å²) >= 11 is 1.85. The molecule has 0 atom stereocenters. The summed E-state index contributed by atoms with van der Waals surface area (Å²) in [4.78, 5) is 12.1. The van der Waals surface area contributed by atoms with Gasteiger partial charge in [-0.05, 0) is 59.5 Å². The van der Waals surface area contributed by atoms with Crippen molar-refractivity contribution in [3.8, 4) is 11.5 Å². The lowest BCUT2D eigenvalue weighted by Gasteiger charge is -2.41. The Morgan fingerprint density at radius 1 is 0.638 bits per heavy atom. The molecular weight excluding hydrogens is 597 g/mol. The van der Waals surface area contributed by atoms with Gasteiger partial charge in [0.25, 0.3) is 0 Å². The molecule has 0 amide bonds. The molecule has 5 nitrogen and oxygen atoms in total. The van der Waals surface area contributed by atoms with Crippen LogP contribution in [0.1, 0.15) is 25.0 Å². The van der Waals surface area contributed by atoms with E-state index in [1.54, 1.807) is 0 Å². The average molecular weight is 625 g/mol. The maximum atomic E-state index is 6.63. The number of rotatable bonds is 3. The van der Waals surface area contributed by atoms with Gasteiger partial charge in [-0.25, -0.2) is 9.97 Å². The van der Waals surface area contributed by atoms with Gasteiger partial charge in [-0.1, -0.05) is 74.5 Å². The number of hydrogen-bond acceptors (Lipinski definition) is 5. The molecule has 0 radical (unpaired) electrons. The molecule has 0 bridgehead atoms. The molecule has 0 aliphatic carbocycles. The Morgan fingerprint density at radius 3 is 2.40 bits per heavy atom. The average Bonchev–Trinajstić information content (AvgIpc) is 3.75. The molecule has 9 aromatic rings. The van der Waals surface area contributed by atoms with Crippen molar-refractivity contribution in [2.75, 3.05) is 4.90 Å². The lowest BCUT2D eigenvalue weighted by Crippen LogP contribution is -2.31. The van der Waals surface area contributed by atoms with Gasteiger partial charge in [0.2, 0.25) is 0 Å². The molecule has 6 heteroatoms. The molecule has 0 saturated heterocycles. The highest BCUT2D eigenvalue weighted by molar-refractivity contribution is 7.26. The van der Waals surface area contributed by atoms with Crippen molar-refractivity contribution in [2.45, 2.75) is 19.3 Å². The molecule has 4 aromatic heterocycles. The molecule has 1 aliphatic heterocycles. The van der Waals surface area contributed by atoms with Crippen LogP contribution in [0.4, 0.5) is 17.2 Å². The number of para-hydroxylation sites is 1. The minimum atomic E-state index is -0.221. The molecule has 0 N–H and O–H groups in total. The van der Waals surface area contributed by atoms with Crippen LogP contribution in [0.3, 0.4) is 0 Å². The highest BCUT2D eigenvalue weighted by atomic mass is 32.1. The Hall–Kier alpha value is -5.72. The number of nitrogens with zero attached hydrogens (tertiary/aromatic N) is 4. The fourth-order valence-electron chi connectivity index (χ4n) is 7.50. The van der Waals surface area contributed by atoms with Crippen LogP contribution in [0.15, 0.2) is 134 Å². The minimum absolute atomic E-state index is 0.221. The van der Waals surface area contributed by atoms with Crippen LogP contribution in [0.25, 0.3) is 47.5 Å². The van der Waals surface area contributed by atoms with Crippen LogP contribution in [0.5, 0.6) is 11.5 Å². The predicted octanol–water partition coefficient (Wildman–Crippen LogP) is 11.3. The molecule has 10 rings (SSSR count). The van der Waals surface area contributed by atoms with Crippen molar-refractivity contribution in [3.63, 3.8) is 0 Å². The maximum absolute atomic E-state index is 6.63. The number of thiophene rings is 1. The Kier molecular flexibility index (Phi) is 5.44. The quantitative estimate of drug-likeness (QED) is 0.183. The van der Waals surface area contributed by atoms with Gasteiger partial charge in [0.1, 0.15) is 23.0 Å². The summed E-state index contributed by atoms with van der Waals surface area (Å²) in [5, 5.41) is 5.95. The maximum Gasteiger partial charge on any atom is 0.145 e. The standard InChI is InChI=1S/C41H28N4OS/c1-41(2)33-19-18-31-30-12-4-6-15-36(30)47-38(31)37(33)45(40-34(41)13-8-20-42-40)25-9-7-10-26(23-25)46-27-16-17-28-29-11-3-5-14-35(29)44-22-21-43-39(44)32(28)24-27/h3-24H,1-2H3. The second-order valence-corrected chi connectivity index (χ2v) is 13.8. The smallest absolute Gasteiger partial charge is 0.145 e. The first-order chi connectivity index (χ1) is 23.1. The van der Waals surface area contributed by atoms with Crippen LogP contribution < -0.4 is 9.64 Å². The normalized spacial score (nSPS) is 13.9. The molecule has 5 heterocycles. The summed E-state index contributed by atoms with van der Waals surface area (Å²) in [5.74, 6) is 2.47. The van der Waals surface area contributed by atoms with Gasteiger partial charge in [0.05, 0.1) is 21.6 Å². The van der Waals surface area contributed by atoms with Crippen molar-refractivity contribution in [1.29, 1.82) is 0 Å². The van der Waals surface area contributed by atoms with Crippen LogP contribution in [-0.4, -0.2) is 14.4 Å². The van der Waals surface area contributed by atoms with Crippen molar-refractivity contribution in [2.24, 2.45) is 0 Å². The molecule has 0 fully saturated rings. The minimum Gasteiger partial charge on any atom is -0.457 e. The number of ether oxygens (including phenoxy) is 1. The molecule has 0 spiro atoms. The molecule has 5 aromatic carbocycles. The van der Waals surface area contributed by atoms with E-state index in [-0.39, 0.29) is 5.41 Å². The van der Waals surface area contributed by atoms with Gasteiger partial charge in [0, 0.05) is 61.9 Å². The summed E-state index contributed by atoms with van der Waals surface area (Å²) in [6.07, 6.45) is 5.77. The highest BCUT2D eigenvalue weighted by Crippen LogP contribution is 2.55. The van der Waals surface area contributed by atoms with E-state index < -0.39 is 0 Å². The van der Waals surface area contributed by atoms with E-state index in [1.807, 2.05) is 42.1 Å². The highest BCUT2D eigenvalue weighted by Gasteiger charge is 2.39. The van der Waals surface area contributed by atoms with E-state index >= 15 is 0 Å². The summed E-state index contributed by atoms with van der Waals surface area (Å²) in [6, 6.07) is 40.7. The second-order valence-electron chi connectivity index (χ2n) is 12.7. The Labute approximate surface area is 274 Å². The molecule has 47 heavy (non-hydrogen) atoms. The number of anilines is 3. The third kappa shape index (κ3) is 3.76. The monoisotopic (exact) mass is 624 g/mol. The van der Waals surface area contributed by atoms with Gasteiger partial charge in [-0.2, -0.15) is 0 Å². The number of imidazole rings is 1. The Morgan fingerprint density at radius 2 is 1.47 bits per heavy atom. The first kappa shape index (κ1) is 26.5. The van der Waals surface area contributed by atoms with Crippen molar-refractivity contribution in [1.82, 2.24) is 14.4 Å². The Balaban J connectivity index is 1.14. The topological polar surface area (TPSA) is 42.7 Å². The zero-order valence-electron chi connectivity index (χ0n) is 25.8.